The van der Waals surface area contributed by atoms with Crippen molar-refractivity contribution in [3.63, 3.8) is 0 Å². The van der Waals surface area contributed by atoms with E-state index >= 15 is 0 Å². The van der Waals surface area contributed by atoms with Gasteiger partial charge in [0.2, 0.25) is 5.91 Å². The summed E-state index contributed by atoms with van der Waals surface area (Å²) < 4.78 is 0. The van der Waals surface area contributed by atoms with Crippen molar-refractivity contribution in [3.05, 3.63) is 35.4 Å². The minimum absolute atomic E-state index is 0.178. The van der Waals surface area contributed by atoms with Crippen molar-refractivity contribution in [2.45, 2.75) is 44.6 Å². The Morgan fingerprint density at radius 2 is 1.89 bits per heavy atom. The summed E-state index contributed by atoms with van der Waals surface area (Å²) in [4.78, 5) is 23.0. The number of carbonyl (C=O) groups excluding carboxylic acids is 1. The largest absolute Gasteiger partial charge is 0.480 e. The summed E-state index contributed by atoms with van der Waals surface area (Å²) in [5.74, 6) is -1.09. The molecule has 0 aliphatic heterocycles. The van der Waals surface area contributed by atoms with Crippen molar-refractivity contribution in [3.8, 4) is 0 Å². The maximum Gasteiger partial charge on any atom is 0.329 e. The van der Waals surface area contributed by atoms with Gasteiger partial charge in [-0.25, -0.2) is 4.79 Å². The maximum absolute atomic E-state index is 11.8. The zero-order chi connectivity index (χ0) is 13.9. The number of aryl methyl sites for hydroxylation is 2. The molecule has 0 aromatic heterocycles. The van der Waals surface area contributed by atoms with Crippen LogP contribution < -0.4 is 5.32 Å². The van der Waals surface area contributed by atoms with Crippen LogP contribution in [0.5, 0.6) is 0 Å². The Balaban J connectivity index is 1.85. The van der Waals surface area contributed by atoms with Gasteiger partial charge in [-0.1, -0.05) is 29.8 Å². The van der Waals surface area contributed by atoms with Gasteiger partial charge < -0.3 is 10.4 Å². The van der Waals surface area contributed by atoms with Gasteiger partial charge in [0.05, 0.1) is 0 Å². The summed E-state index contributed by atoms with van der Waals surface area (Å²) in [5, 5.41) is 11.8. The normalized spacial score (nSPS) is 16.5. The minimum Gasteiger partial charge on any atom is -0.480 e. The average Bonchev–Trinajstić information content (AvgIpc) is 2.32. The molecule has 0 radical (unpaired) electrons. The van der Waals surface area contributed by atoms with Gasteiger partial charge >= 0.3 is 5.97 Å². The molecule has 0 spiro atoms. The molecular formula is C15H19NO3. The third kappa shape index (κ3) is 3.13. The zero-order valence-corrected chi connectivity index (χ0v) is 11.1. The van der Waals surface area contributed by atoms with Crippen LogP contribution in [-0.2, 0) is 16.0 Å². The van der Waals surface area contributed by atoms with Crippen LogP contribution >= 0.6 is 0 Å². The SMILES string of the molecule is Cc1ccc(CCC(=O)NC2(C(=O)O)CCC2)cc1. The van der Waals surface area contributed by atoms with E-state index in [1.807, 2.05) is 31.2 Å². The van der Waals surface area contributed by atoms with Gasteiger partial charge in [0.15, 0.2) is 0 Å². The number of amides is 1. The quantitative estimate of drug-likeness (QED) is 0.852. The predicted molar refractivity (Wildman–Crippen MR) is 71.9 cm³/mol. The fraction of sp³-hybridized carbons (Fsp3) is 0.467. The molecule has 2 N–H and O–H groups in total. The van der Waals surface area contributed by atoms with Gasteiger partial charge in [0.1, 0.15) is 5.54 Å². The summed E-state index contributed by atoms with van der Waals surface area (Å²) in [6.07, 6.45) is 2.92. The third-order valence-electron chi connectivity index (χ3n) is 3.76. The van der Waals surface area contributed by atoms with E-state index in [9.17, 15) is 9.59 Å². The van der Waals surface area contributed by atoms with Crippen LogP contribution in [0.25, 0.3) is 0 Å². The van der Waals surface area contributed by atoms with E-state index in [4.69, 9.17) is 5.11 Å². The Hall–Kier alpha value is -1.84. The van der Waals surface area contributed by atoms with Crippen molar-refractivity contribution >= 4 is 11.9 Å². The van der Waals surface area contributed by atoms with Gasteiger partial charge in [0, 0.05) is 6.42 Å². The standard InChI is InChI=1S/C15H19NO3/c1-11-3-5-12(6-4-11)7-8-13(17)16-15(14(18)19)9-2-10-15/h3-6H,2,7-10H2,1H3,(H,16,17)(H,18,19). The molecule has 1 aromatic carbocycles. The van der Waals surface area contributed by atoms with Crippen molar-refractivity contribution in [2.24, 2.45) is 0 Å². The molecule has 4 heteroatoms. The average molecular weight is 261 g/mol. The van der Waals surface area contributed by atoms with Gasteiger partial charge in [-0.2, -0.15) is 0 Å². The molecule has 1 saturated carbocycles. The Bertz CT molecular complexity index is 475. The summed E-state index contributed by atoms with van der Waals surface area (Å²) in [7, 11) is 0. The lowest BCUT2D eigenvalue weighted by Crippen LogP contribution is -2.59. The van der Waals surface area contributed by atoms with Crippen LogP contribution in [0.2, 0.25) is 0 Å². The topological polar surface area (TPSA) is 66.4 Å². The molecular weight excluding hydrogens is 242 g/mol. The second-order valence-electron chi connectivity index (χ2n) is 5.27. The number of carboxylic acids is 1. The van der Waals surface area contributed by atoms with E-state index < -0.39 is 11.5 Å². The van der Waals surface area contributed by atoms with E-state index in [1.54, 1.807) is 0 Å². The predicted octanol–water partition coefficient (Wildman–Crippen LogP) is 2.05. The molecule has 0 saturated heterocycles. The van der Waals surface area contributed by atoms with E-state index in [0.29, 0.717) is 25.7 Å². The molecule has 1 amide bonds. The van der Waals surface area contributed by atoms with Gasteiger partial charge in [-0.05, 0) is 38.2 Å². The summed E-state index contributed by atoms with van der Waals surface area (Å²) in [5.41, 5.74) is 1.29. The van der Waals surface area contributed by atoms with Crippen molar-refractivity contribution in [2.75, 3.05) is 0 Å². The number of benzene rings is 1. The van der Waals surface area contributed by atoms with E-state index in [2.05, 4.69) is 5.32 Å². The lowest BCUT2D eigenvalue weighted by atomic mass is 9.76. The Morgan fingerprint density at radius 3 is 2.37 bits per heavy atom. The molecule has 0 heterocycles. The van der Waals surface area contributed by atoms with Crippen LogP contribution in [0, 0.1) is 6.92 Å². The van der Waals surface area contributed by atoms with Gasteiger partial charge in [-0.3, -0.25) is 4.79 Å². The van der Waals surface area contributed by atoms with Crippen molar-refractivity contribution in [1.29, 1.82) is 0 Å². The lowest BCUT2D eigenvalue weighted by Gasteiger charge is -2.38. The molecule has 2 rings (SSSR count). The molecule has 0 bridgehead atoms. The second kappa shape index (κ2) is 5.43. The van der Waals surface area contributed by atoms with E-state index in [0.717, 1.165) is 12.0 Å². The highest BCUT2D eigenvalue weighted by Gasteiger charge is 2.45. The first-order valence-electron chi connectivity index (χ1n) is 6.62. The summed E-state index contributed by atoms with van der Waals surface area (Å²) in [6, 6.07) is 8.02. The number of hydrogen-bond acceptors (Lipinski definition) is 2. The lowest BCUT2D eigenvalue weighted by molar-refractivity contribution is -0.151. The first kappa shape index (κ1) is 13.6. The Kier molecular flexibility index (Phi) is 3.88. The van der Waals surface area contributed by atoms with Gasteiger partial charge in [-0.15, -0.1) is 0 Å². The van der Waals surface area contributed by atoms with Crippen LogP contribution in [0.3, 0.4) is 0 Å². The van der Waals surface area contributed by atoms with Crippen molar-refractivity contribution < 1.29 is 14.7 Å². The number of carbonyl (C=O) groups is 2. The second-order valence-corrected chi connectivity index (χ2v) is 5.27. The number of nitrogens with one attached hydrogen (secondary N) is 1. The zero-order valence-electron chi connectivity index (χ0n) is 11.1. The number of aliphatic carboxylic acids is 1. The summed E-state index contributed by atoms with van der Waals surface area (Å²) >= 11 is 0. The highest BCUT2D eigenvalue weighted by atomic mass is 16.4. The van der Waals surface area contributed by atoms with Crippen LogP contribution in [0.15, 0.2) is 24.3 Å². The van der Waals surface area contributed by atoms with E-state index in [1.165, 1.54) is 5.56 Å². The third-order valence-corrected chi connectivity index (χ3v) is 3.76. The monoisotopic (exact) mass is 261 g/mol. The first-order chi connectivity index (χ1) is 9.02. The molecule has 0 atom stereocenters. The molecule has 102 valence electrons. The fourth-order valence-corrected chi connectivity index (χ4v) is 2.26. The Labute approximate surface area is 112 Å². The summed E-state index contributed by atoms with van der Waals surface area (Å²) in [6.45, 7) is 2.02. The number of carboxylic acid groups (broad SMARTS) is 1. The van der Waals surface area contributed by atoms with Crippen LogP contribution in [0.4, 0.5) is 0 Å². The molecule has 1 fully saturated rings. The van der Waals surface area contributed by atoms with Gasteiger partial charge in [0.25, 0.3) is 0 Å². The van der Waals surface area contributed by atoms with E-state index in [-0.39, 0.29) is 5.91 Å². The molecule has 1 aliphatic rings. The number of rotatable bonds is 5. The first-order valence-corrected chi connectivity index (χ1v) is 6.62. The highest BCUT2D eigenvalue weighted by Crippen LogP contribution is 2.32. The minimum atomic E-state index is -0.996. The van der Waals surface area contributed by atoms with Crippen molar-refractivity contribution in [1.82, 2.24) is 5.32 Å². The molecule has 1 aromatic rings. The fourth-order valence-electron chi connectivity index (χ4n) is 2.26. The molecule has 0 unspecified atom stereocenters. The molecule has 4 nitrogen and oxygen atoms in total. The Morgan fingerprint density at radius 1 is 1.26 bits per heavy atom. The van der Waals surface area contributed by atoms with Crippen LogP contribution in [0.1, 0.15) is 36.8 Å². The number of hydrogen-bond donors (Lipinski definition) is 2. The smallest absolute Gasteiger partial charge is 0.329 e. The molecule has 1 aliphatic carbocycles. The highest BCUT2D eigenvalue weighted by molar-refractivity contribution is 5.87. The van der Waals surface area contributed by atoms with Crippen LogP contribution in [-0.4, -0.2) is 22.5 Å². The maximum atomic E-state index is 11.8. The molecule has 19 heavy (non-hydrogen) atoms.